The van der Waals surface area contributed by atoms with Crippen molar-refractivity contribution in [2.24, 2.45) is 0 Å². The lowest BCUT2D eigenvalue weighted by Gasteiger charge is -2.01. The number of aromatic nitrogens is 6. The summed E-state index contributed by atoms with van der Waals surface area (Å²) in [6.45, 7) is 1.81. The SMILES string of the molecule is Cc1nonc1CSc1nnc2[nH]c(=O)cc(N)n12. The summed E-state index contributed by atoms with van der Waals surface area (Å²) in [5.41, 5.74) is 6.92. The third-order valence-corrected chi connectivity index (χ3v) is 3.43. The number of rotatable bonds is 3. The number of nitrogens with one attached hydrogen (secondary N) is 1. The molecule has 3 N–H and O–H groups in total. The van der Waals surface area contributed by atoms with E-state index in [1.807, 2.05) is 0 Å². The maximum absolute atomic E-state index is 11.2. The molecule has 3 heterocycles. The van der Waals surface area contributed by atoms with Crippen LogP contribution in [0.3, 0.4) is 0 Å². The van der Waals surface area contributed by atoms with Gasteiger partial charge in [0.05, 0.1) is 0 Å². The maximum atomic E-state index is 11.2. The van der Waals surface area contributed by atoms with Crippen LogP contribution in [0.5, 0.6) is 0 Å². The monoisotopic (exact) mass is 279 g/mol. The van der Waals surface area contributed by atoms with Gasteiger partial charge in [-0.3, -0.25) is 9.78 Å². The Labute approximate surface area is 110 Å². The molecule has 10 heteroatoms. The highest BCUT2D eigenvalue weighted by molar-refractivity contribution is 7.98. The maximum Gasteiger partial charge on any atom is 0.254 e. The van der Waals surface area contributed by atoms with Crippen LogP contribution in [0.1, 0.15) is 11.4 Å². The molecule has 0 amide bonds. The first-order valence-electron chi connectivity index (χ1n) is 5.30. The molecule has 0 aliphatic carbocycles. The molecule has 0 aliphatic rings. The highest BCUT2D eigenvalue weighted by Gasteiger charge is 2.12. The number of hydrogen-bond acceptors (Lipinski definition) is 8. The smallest absolute Gasteiger partial charge is 0.254 e. The predicted octanol–water partition coefficient (Wildman–Crippen LogP) is -0.0165. The van der Waals surface area contributed by atoms with E-state index < -0.39 is 0 Å². The molecule has 0 aliphatic heterocycles. The first-order valence-corrected chi connectivity index (χ1v) is 6.28. The number of hydrogen-bond donors (Lipinski definition) is 2. The lowest BCUT2D eigenvalue weighted by molar-refractivity contribution is 0.302. The van der Waals surface area contributed by atoms with Gasteiger partial charge in [-0.25, -0.2) is 9.03 Å². The Hall–Kier alpha value is -2.36. The molecule has 0 fully saturated rings. The largest absolute Gasteiger partial charge is 0.385 e. The standard InChI is InChI=1S/C9H9N7O2S/c1-4-5(15-18-14-4)3-19-9-13-12-8-11-7(17)2-6(10)16(8)9/h2H,3,10H2,1H3,(H,11,12,17). The topological polar surface area (TPSA) is 128 Å². The number of nitrogen functional groups attached to an aromatic ring is 1. The zero-order valence-electron chi connectivity index (χ0n) is 9.82. The molecule has 98 valence electrons. The Balaban J connectivity index is 1.94. The van der Waals surface area contributed by atoms with Gasteiger partial charge in [0, 0.05) is 11.8 Å². The van der Waals surface area contributed by atoms with Crippen molar-refractivity contribution in [1.82, 2.24) is 29.9 Å². The molecular weight excluding hydrogens is 270 g/mol. The molecule has 0 atom stereocenters. The zero-order chi connectivity index (χ0) is 13.4. The van der Waals surface area contributed by atoms with E-state index in [2.05, 4.69) is 30.1 Å². The molecule has 9 nitrogen and oxygen atoms in total. The summed E-state index contributed by atoms with van der Waals surface area (Å²) in [5, 5.41) is 15.9. The van der Waals surface area contributed by atoms with Crippen molar-refractivity contribution in [2.45, 2.75) is 17.8 Å². The minimum absolute atomic E-state index is 0.279. The van der Waals surface area contributed by atoms with Crippen molar-refractivity contribution in [2.75, 3.05) is 5.73 Å². The van der Waals surface area contributed by atoms with Gasteiger partial charge >= 0.3 is 0 Å². The van der Waals surface area contributed by atoms with Crippen molar-refractivity contribution in [3.63, 3.8) is 0 Å². The highest BCUT2D eigenvalue weighted by Crippen LogP contribution is 2.22. The van der Waals surface area contributed by atoms with Crippen LogP contribution < -0.4 is 11.3 Å². The number of H-pyrrole nitrogens is 1. The van der Waals surface area contributed by atoms with Gasteiger partial charge in [-0.05, 0) is 6.92 Å². The molecule has 0 bridgehead atoms. The number of aryl methyl sites for hydroxylation is 1. The van der Waals surface area contributed by atoms with Crippen LogP contribution in [0.2, 0.25) is 0 Å². The molecule has 0 saturated heterocycles. The second kappa shape index (κ2) is 4.39. The third-order valence-electron chi connectivity index (χ3n) is 2.49. The van der Waals surface area contributed by atoms with E-state index in [4.69, 9.17) is 5.73 Å². The summed E-state index contributed by atoms with van der Waals surface area (Å²) in [4.78, 5) is 13.8. The van der Waals surface area contributed by atoms with Crippen LogP contribution in [-0.2, 0) is 5.75 Å². The number of nitrogens with zero attached hydrogens (tertiary/aromatic N) is 5. The summed E-state index contributed by atoms with van der Waals surface area (Å²) in [6, 6.07) is 1.28. The minimum atomic E-state index is -0.314. The van der Waals surface area contributed by atoms with Crippen molar-refractivity contribution < 1.29 is 4.63 Å². The molecule has 0 aromatic carbocycles. The third kappa shape index (κ3) is 2.05. The lowest BCUT2D eigenvalue weighted by Crippen LogP contribution is -2.11. The first-order chi connectivity index (χ1) is 9.15. The Bertz CT molecular complexity index is 789. The van der Waals surface area contributed by atoms with E-state index in [1.165, 1.54) is 17.8 Å². The van der Waals surface area contributed by atoms with Gasteiger partial charge in [0.15, 0.2) is 5.16 Å². The molecule has 3 rings (SSSR count). The minimum Gasteiger partial charge on any atom is -0.385 e. The van der Waals surface area contributed by atoms with E-state index in [0.29, 0.717) is 16.7 Å². The number of thioether (sulfide) groups is 1. The fraction of sp³-hybridized carbons (Fsp3) is 0.222. The Kier molecular flexibility index (Phi) is 2.71. The molecule has 0 unspecified atom stereocenters. The predicted molar refractivity (Wildman–Crippen MR) is 66.6 cm³/mol. The van der Waals surface area contributed by atoms with E-state index >= 15 is 0 Å². The van der Waals surface area contributed by atoms with Crippen molar-refractivity contribution in [3.05, 3.63) is 27.8 Å². The van der Waals surface area contributed by atoms with Gasteiger partial charge in [0.2, 0.25) is 5.78 Å². The summed E-state index contributed by atoms with van der Waals surface area (Å²) >= 11 is 1.37. The van der Waals surface area contributed by atoms with Crippen molar-refractivity contribution in [3.8, 4) is 0 Å². The highest BCUT2D eigenvalue weighted by atomic mass is 32.2. The molecule has 19 heavy (non-hydrogen) atoms. The average Bonchev–Trinajstić information content (AvgIpc) is 2.93. The second-order valence-electron chi connectivity index (χ2n) is 3.79. The number of anilines is 1. The summed E-state index contributed by atoms with van der Waals surface area (Å²) in [7, 11) is 0. The Morgan fingerprint density at radius 2 is 2.32 bits per heavy atom. The van der Waals surface area contributed by atoms with Crippen molar-refractivity contribution >= 4 is 23.4 Å². The molecule has 3 aromatic rings. The van der Waals surface area contributed by atoms with Crippen LogP contribution in [0.15, 0.2) is 20.6 Å². The van der Waals surface area contributed by atoms with Gasteiger partial charge in [-0.2, -0.15) is 0 Å². The quantitative estimate of drug-likeness (QED) is 0.640. The first kappa shape index (κ1) is 11.7. The molecular formula is C9H9N7O2S. The van der Waals surface area contributed by atoms with Gasteiger partial charge in [0.1, 0.15) is 17.2 Å². The number of nitrogens with two attached hydrogens (primary N) is 1. The Morgan fingerprint density at radius 3 is 3.05 bits per heavy atom. The fourth-order valence-corrected chi connectivity index (χ4v) is 2.48. The Morgan fingerprint density at radius 1 is 1.47 bits per heavy atom. The van der Waals surface area contributed by atoms with Crippen LogP contribution in [0.4, 0.5) is 5.82 Å². The molecule has 3 aromatic heterocycles. The molecule has 0 spiro atoms. The summed E-state index contributed by atoms with van der Waals surface area (Å²) in [6.07, 6.45) is 0. The molecule has 0 radical (unpaired) electrons. The van der Waals surface area contributed by atoms with Gasteiger partial charge in [0.25, 0.3) is 5.56 Å². The van der Waals surface area contributed by atoms with Crippen LogP contribution >= 0.6 is 11.8 Å². The van der Waals surface area contributed by atoms with E-state index in [0.717, 1.165) is 11.4 Å². The number of fused-ring (bicyclic) bond motifs is 1. The zero-order valence-corrected chi connectivity index (χ0v) is 10.6. The van der Waals surface area contributed by atoms with Crippen LogP contribution in [0.25, 0.3) is 5.78 Å². The van der Waals surface area contributed by atoms with E-state index in [9.17, 15) is 4.79 Å². The number of aromatic amines is 1. The van der Waals surface area contributed by atoms with E-state index in [1.54, 1.807) is 11.3 Å². The average molecular weight is 279 g/mol. The normalized spacial score (nSPS) is 11.2. The van der Waals surface area contributed by atoms with Crippen LogP contribution in [-0.4, -0.2) is 29.9 Å². The van der Waals surface area contributed by atoms with Crippen molar-refractivity contribution in [1.29, 1.82) is 0 Å². The van der Waals surface area contributed by atoms with E-state index in [-0.39, 0.29) is 11.4 Å². The second-order valence-corrected chi connectivity index (χ2v) is 4.73. The van der Waals surface area contributed by atoms with Gasteiger partial charge in [-0.15, -0.1) is 10.2 Å². The summed E-state index contributed by atoms with van der Waals surface area (Å²) in [5.74, 6) is 1.11. The summed E-state index contributed by atoms with van der Waals surface area (Å²) < 4.78 is 6.18. The van der Waals surface area contributed by atoms with Gasteiger partial charge in [-0.1, -0.05) is 22.1 Å². The lowest BCUT2D eigenvalue weighted by atomic mass is 10.4. The van der Waals surface area contributed by atoms with Gasteiger partial charge < -0.3 is 5.73 Å². The van der Waals surface area contributed by atoms with Crippen LogP contribution in [0, 0.1) is 6.92 Å². The fourth-order valence-electron chi connectivity index (χ4n) is 1.54. The molecule has 0 saturated carbocycles.